The molecular weight excluding hydrogens is 414 g/mol. The summed E-state index contributed by atoms with van der Waals surface area (Å²) < 4.78 is 0. The number of allylic oxidation sites excluding steroid dienone is 4. The molecule has 0 unspecified atom stereocenters. The van der Waals surface area contributed by atoms with Gasteiger partial charge < -0.3 is 5.32 Å². The lowest BCUT2D eigenvalue weighted by Gasteiger charge is -2.30. The molecule has 9 nitrogen and oxygen atoms in total. The van der Waals surface area contributed by atoms with Crippen molar-refractivity contribution in [2.45, 2.75) is 27.2 Å². The third-order valence-corrected chi connectivity index (χ3v) is 5.46. The number of rotatable bonds is 7. The van der Waals surface area contributed by atoms with Crippen LogP contribution in [-0.4, -0.2) is 21.4 Å². The van der Waals surface area contributed by atoms with E-state index >= 15 is 0 Å². The zero-order valence-electron chi connectivity index (χ0n) is 17.7. The molecule has 1 N–H and O–H groups in total. The first kappa shape index (κ1) is 22.5. The molecule has 9 heteroatoms. The summed E-state index contributed by atoms with van der Waals surface area (Å²) in [6.07, 6.45) is 0.471. The number of nitro groups is 2. The highest BCUT2D eigenvalue weighted by Crippen LogP contribution is 2.36. The standard InChI is InChI=1S/C23H21N3O6/c1-4-19-20(22(27)15-5-9-17(10-6-15)25(29)30)13(2)24-14(3)21(19)23(28)16-7-11-18(12-8-16)26(31)32/h5-12,19,24H,4H2,1-3H3. The van der Waals surface area contributed by atoms with Gasteiger partial charge in [-0.1, -0.05) is 6.92 Å². The van der Waals surface area contributed by atoms with Crippen molar-refractivity contribution in [1.82, 2.24) is 5.32 Å². The van der Waals surface area contributed by atoms with E-state index in [-0.39, 0.29) is 34.1 Å². The molecule has 0 fully saturated rings. The van der Waals surface area contributed by atoms with E-state index in [1.807, 2.05) is 6.92 Å². The van der Waals surface area contributed by atoms with Crippen molar-refractivity contribution < 1.29 is 19.4 Å². The molecule has 1 heterocycles. The van der Waals surface area contributed by atoms with E-state index < -0.39 is 15.8 Å². The normalized spacial score (nSPS) is 14.2. The van der Waals surface area contributed by atoms with Crippen LogP contribution in [0.3, 0.4) is 0 Å². The SMILES string of the molecule is CCC1C(C(=O)c2ccc([N+](=O)[O-])cc2)=C(C)NC(C)=C1C(=O)c1ccc([N+](=O)[O-])cc1. The Kier molecular flexibility index (Phi) is 6.29. The van der Waals surface area contributed by atoms with Gasteiger partial charge in [-0.15, -0.1) is 0 Å². The number of dihydropyridines is 1. The Morgan fingerprint density at radius 1 is 0.781 bits per heavy atom. The van der Waals surface area contributed by atoms with Gasteiger partial charge in [-0.3, -0.25) is 29.8 Å². The van der Waals surface area contributed by atoms with Gasteiger partial charge in [-0.2, -0.15) is 0 Å². The maximum Gasteiger partial charge on any atom is 0.269 e. The van der Waals surface area contributed by atoms with Gasteiger partial charge in [-0.05, 0) is 44.5 Å². The molecule has 0 radical (unpaired) electrons. The van der Waals surface area contributed by atoms with Crippen molar-refractivity contribution >= 4 is 22.9 Å². The van der Waals surface area contributed by atoms with E-state index in [1.165, 1.54) is 48.5 Å². The molecule has 0 aromatic heterocycles. The quantitative estimate of drug-likeness (QED) is 0.377. The fourth-order valence-corrected chi connectivity index (χ4v) is 3.93. The van der Waals surface area contributed by atoms with Crippen LogP contribution in [0, 0.1) is 26.1 Å². The molecule has 164 valence electrons. The monoisotopic (exact) mass is 435 g/mol. The van der Waals surface area contributed by atoms with Gasteiger partial charge in [0.05, 0.1) is 9.85 Å². The van der Waals surface area contributed by atoms with E-state index in [2.05, 4.69) is 5.32 Å². The number of hydrogen-bond acceptors (Lipinski definition) is 7. The predicted octanol–water partition coefficient (Wildman–Crippen LogP) is 4.75. The lowest BCUT2D eigenvalue weighted by molar-refractivity contribution is -0.385. The van der Waals surface area contributed by atoms with Crippen molar-refractivity contribution in [2.75, 3.05) is 0 Å². The Morgan fingerprint density at radius 3 is 1.41 bits per heavy atom. The topological polar surface area (TPSA) is 132 Å². The lowest BCUT2D eigenvalue weighted by Crippen LogP contribution is -2.32. The minimum absolute atomic E-state index is 0.120. The van der Waals surface area contributed by atoms with Crippen LogP contribution in [0.2, 0.25) is 0 Å². The maximum absolute atomic E-state index is 13.3. The Bertz CT molecular complexity index is 1090. The Morgan fingerprint density at radius 2 is 1.12 bits per heavy atom. The van der Waals surface area contributed by atoms with E-state index in [0.717, 1.165) is 0 Å². The summed E-state index contributed by atoms with van der Waals surface area (Å²) in [7, 11) is 0. The second-order valence-corrected chi connectivity index (χ2v) is 7.43. The number of Topliss-reactive ketones (excluding diaryl/α,β-unsaturated/α-hetero) is 2. The maximum atomic E-state index is 13.3. The molecule has 0 saturated carbocycles. The molecule has 1 aliphatic rings. The smallest absolute Gasteiger partial charge is 0.269 e. The van der Waals surface area contributed by atoms with Gasteiger partial charge in [-0.25, -0.2) is 0 Å². The van der Waals surface area contributed by atoms with Crippen LogP contribution in [-0.2, 0) is 0 Å². The van der Waals surface area contributed by atoms with Crippen molar-refractivity contribution in [1.29, 1.82) is 0 Å². The van der Waals surface area contributed by atoms with Gasteiger partial charge in [0.15, 0.2) is 11.6 Å². The third-order valence-electron chi connectivity index (χ3n) is 5.46. The molecule has 3 rings (SSSR count). The van der Waals surface area contributed by atoms with Gasteiger partial charge in [0, 0.05) is 63.9 Å². The largest absolute Gasteiger partial charge is 0.362 e. The second-order valence-electron chi connectivity index (χ2n) is 7.43. The van der Waals surface area contributed by atoms with Gasteiger partial charge in [0.1, 0.15) is 0 Å². The lowest BCUT2D eigenvalue weighted by atomic mass is 9.77. The summed E-state index contributed by atoms with van der Waals surface area (Å²) in [5.74, 6) is -1.14. The molecule has 0 aliphatic carbocycles. The number of benzene rings is 2. The fourth-order valence-electron chi connectivity index (χ4n) is 3.93. The van der Waals surface area contributed by atoms with Crippen LogP contribution in [0.1, 0.15) is 47.9 Å². The molecule has 1 aliphatic heterocycles. The van der Waals surface area contributed by atoms with Crippen molar-refractivity contribution in [3.63, 3.8) is 0 Å². The third kappa shape index (κ3) is 4.18. The highest BCUT2D eigenvalue weighted by Gasteiger charge is 2.34. The summed E-state index contributed by atoms with van der Waals surface area (Å²) in [6.45, 7) is 5.36. The second kappa shape index (κ2) is 8.93. The number of hydrogen-bond donors (Lipinski definition) is 1. The molecule has 0 spiro atoms. The Hall–Kier alpha value is -4.14. The molecule has 0 saturated heterocycles. The number of non-ortho nitro benzene ring substituents is 2. The number of nitrogens with one attached hydrogen (secondary N) is 1. The zero-order valence-corrected chi connectivity index (χ0v) is 17.7. The molecule has 2 aromatic carbocycles. The fraction of sp³-hybridized carbons (Fsp3) is 0.217. The average Bonchev–Trinajstić information content (AvgIpc) is 2.77. The molecular formula is C23H21N3O6. The van der Waals surface area contributed by atoms with Crippen LogP contribution < -0.4 is 5.32 Å². The van der Waals surface area contributed by atoms with Crippen molar-refractivity contribution in [3.05, 3.63) is 102 Å². The Balaban J connectivity index is 1.98. The first-order valence-corrected chi connectivity index (χ1v) is 9.92. The van der Waals surface area contributed by atoms with Crippen LogP contribution >= 0.6 is 0 Å². The minimum atomic E-state index is -0.539. The highest BCUT2D eigenvalue weighted by atomic mass is 16.6. The van der Waals surface area contributed by atoms with Crippen molar-refractivity contribution in [2.24, 2.45) is 5.92 Å². The zero-order chi connectivity index (χ0) is 23.6. The average molecular weight is 435 g/mol. The summed E-state index contributed by atoms with van der Waals surface area (Å²) in [5, 5.41) is 24.9. The van der Waals surface area contributed by atoms with Crippen LogP contribution in [0.4, 0.5) is 11.4 Å². The molecule has 2 aromatic rings. The highest BCUT2D eigenvalue weighted by molar-refractivity contribution is 6.15. The number of carbonyl (C=O) groups excluding carboxylic acids is 2. The van der Waals surface area contributed by atoms with Crippen LogP contribution in [0.25, 0.3) is 0 Å². The molecule has 0 bridgehead atoms. The van der Waals surface area contributed by atoms with E-state index in [4.69, 9.17) is 0 Å². The minimum Gasteiger partial charge on any atom is -0.362 e. The molecule has 32 heavy (non-hydrogen) atoms. The van der Waals surface area contributed by atoms with E-state index in [1.54, 1.807) is 13.8 Å². The number of carbonyl (C=O) groups is 2. The van der Waals surface area contributed by atoms with E-state index in [0.29, 0.717) is 29.0 Å². The van der Waals surface area contributed by atoms with Gasteiger partial charge >= 0.3 is 0 Å². The summed E-state index contributed by atoms with van der Waals surface area (Å²) >= 11 is 0. The Labute approximate surface area is 183 Å². The summed E-state index contributed by atoms with van der Waals surface area (Å²) in [6, 6.07) is 10.7. The number of nitrogens with zero attached hydrogens (tertiary/aromatic N) is 2. The predicted molar refractivity (Wildman–Crippen MR) is 117 cm³/mol. The van der Waals surface area contributed by atoms with Crippen LogP contribution in [0.5, 0.6) is 0 Å². The first-order valence-electron chi connectivity index (χ1n) is 9.92. The molecule has 0 amide bonds. The van der Waals surface area contributed by atoms with E-state index in [9.17, 15) is 29.8 Å². The number of ketones is 2. The summed E-state index contributed by atoms with van der Waals surface area (Å²) in [4.78, 5) is 47.4. The first-order chi connectivity index (χ1) is 15.1. The van der Waals surface area contributed by atoms with Crippen LogP contribution in [0.15, 0.2) is 71.1 Å². The van der Waals surface area contributed by atoms with Gasteiger partial charge in [0.25, 0.3) is 11.4 Å². The summed E-state index contributed by atoms with van der Waals surface area (Å²) in [5.41, 5.74) is 2.38. The van der Waals surface area contributed by atoms with Crippen molar-refractivity contribution in [3.8, 4) is 0 Å². The van der Waals surface area contributed by atoms with Gasteiger partial charge in [0.2, 0.25) is 0 Å². The number of nitro benzene ring substituents is 2. The molecule has 0 atom stereocenters.